The van der Waals surface area contributed by atoms with E-state index in [0.29, 0.717) is 35.7 Å². The molecule has 8 heteroatoms. The number of carbonyl (C=O) groups excluding carboxylic acids is 2. The summed E-state index contributed by atoms with van der Waals surface area (Å²) in [6.45, 7) is 6.63. The topological polar surface area (TPSA) is 113 Å². The van der Waals surface area contributed by atoms with Crippen molar-refractivity contribution >= 4 is 17.4 Å². The molecule has 4 rings (SSSR count). The van der Waals surface area contributed by atoms with Crippen molar-refractivity contribution in [3.05, 3.63) is 88.8 Å². The number of nitrogens with one attached hydrogen (secondary N) is 1. The number of aromatic amines is 1. The van der Waals surface area contributed by atoms with Gasteiger partial charge in [0.05, 0.1) is 25.8 Å². The smallest absolute Gasteiger partial charge is 0.295 e. The molecule has 1 aliphatic heterocycles. The van der Waals surface area contributed by atoms with E-state index in [0.717, 1.165) is 18.4 Å². The lowest BCUT2D eigenvalue weighted by Gasteiger charge is -2.28. The number of nitrogens with zero attached hydrogens (tertiary/aromatic N) is 1. The van der Waals surface area contributed by atoms with Gasteiger partial charge in [0, 0.05) is 17.2 Å². The van der Waals surface area contributed by atoms with Gasteiger partial charge in [-0.3, -0.25) is 9.59 Å². The van der Waals surface area contributed by atoms with Crippen molar-refractivity contribution in [2.45, 2.75) is 46.2 Å². The first-order valence-electron chi connectivity index (χ1n) is 12.8. The molecule has 1 aromatic heterocycles. The zero-order valence-corrected chi connectivity index (χ0v) is 21.8. The molecule has 8 nitrogen and oxygen atoms in total. The summed E-state index contributed by atoms with van der Waals surface area (Å²) in [5.41, 5.74) is 2.10. The monoisotopic (exact) mass is 516 g/mol. The third-order valence-electron chi connectivity index (χ3n) is 6.46. The first kappa shape index (κ1) is 26.7. The zero-order chi connectivity index (χ0) is 27.2. The lowest BCUT2D eigenvalue weighted by molar-refractivity contribution is -0.378. The van der Waals surface area contributed by atoms with Crippen LogP contribution in [0.5, 0.6) is 17.2 Å². The van der Waals surface area contributed by atoms with E-state index in [1.165, 1.54) is 11.0 Å². The van der Waals surface area contributed by atoms with Crippen LogP contribution in [0.4, 0.5) is 0 Å². The van der Waals surface area contributed by atoms with E-state index in [4.69, 9.17) is 9.47 Å². The number of unbranched alkanes of at least 4 members (excludes halogenated alkanes) is 1. The number of ketones is 1. The second-order valence-electron chi connectivity index (χ2n) is 9.16. The summed E-state index contributed by atoms with van der Waals surface area (Å²) in [6, 6.07) is 12.4. The minimum Gasteiger partial charge on any atom is -0.872 e. The van der Waals surface area contributed by atoms with E-state index >= 15 is 0 Å². The molecule has 1 fully saturated rings. The molecule has 0 saturated carbocycles. The number of phenolic OH excluding ortho intramolecular Hbond substituents is 1. The maximum Gasteiger partial charge on any atom is 0.295 e. The number of hydrogen-bond donors (Lipinski definition) is 1. The molecule has 1 aliphatic rings. The molecule has 1 unspecified atom stereocenters. The summed E-state index contributed by atoms with van der Waals surface area (Å²) in [5, 5.41) is 24.1. The molecule has 38 heavy (non-hydrogen) atoms. The number of amides is 1. The van der Waals surface area contributed by atoms with Crippen molar-refractivity contribution in [2.24, 2.45) is 0 Å². The average Bonchev–Trinajstić information content (AvgIpc) is 3.15. The van der Waals surface area contributed by atoms with Gasteiger partial charge in [0.2, 0.25) is 5.78 Å². The highest BCUT2D eigenvalue weighted by Crippen LogP contribution is 2.42. The van der Waals surface area contributed by atoms with Crippen molar-refractivity contribution in [3.8, 4) is 17.2 Å². The van der Waals surface area contributed by atoms with E-state index in [9.17, 15) is 19.8 Å². The van der Waals surface area contributed by atoms with Crippen molar-refractivity contribution in [1.29, 1.82) is 0 Å². The van der Waals surface area contributed by atoms with Gasteiger partial charge in [0.1, 0.15) is 5.75 Å². The first-order chi connectivity index (χ1) is 18.3. The minimum absolute atomic E-state index is 0.0714. The Kier molecular flexibility index (Phi) is 8.31. The number of likely N-dealkylation sites (tertiary alicyclic amines) is 1. The van der Waals surface area contributed by atoms with Crippen LogP contribution < -0.4 is 19.6 Å². The Morgan fingerprint density at radius 2 is 1.92 bits per heavy atom. The predicted octanol–water partition coefficient (Wildman–Crippen LogP) is 3.52. The van der Waals surface area contributed by atoms with Gasteiger partial charge < -0.3 is 24.6 Å². The van der Waals surface area contributed by atoms with Crippen molar-refractivity contribution < 1.29 is 34.3 Å². The summed E-state index contributed by atoms with van der Waals surface area (Å²) in [5.74, 6) is -1.33. The van der Waals surface area contributed by atoms with Gasteiger partial charge in [-0.25, -0.2) is 4.98 Å². The van der Waals surface area contributed by atoms with E-state index in [-0.39, 0.29) is 23.6 Å². The number of aromatic hydroxyl groups is 1. The van der Waals surface area contributed by atoms with Crippen LogP contribution in [0.25, 0.3) is 5.76 Å². The van der Waals surface area contributed by atoms with Crippen molar-refractivity contribution in [3.63, 3.8) is 0 Å². The van der Waals surface area contributed by atoms with Crippen LogP contribution in [-0.2, 0) is 16.1 Å². The van der Waals surface area contributed by atoms with Gasteiger partial charge in [-0.1, -0.05) is 31.2 Å². The highest BCUT2D eigenvalue weighted by molar-refractivity contribution is 6.46. The molecule has 0 bridgehead atoms. The molecule has 0 aliphatic carbocycles. The van der Waals surface area contributed by atoms with Crippen LogP contribution in [-0.4, -0.2) is 34.9 Å². The third kappa shape index (κ3) is 5.49. The quantitative estimate of drug-likeness (QED) is 0.191. The second kappa shape index (κ2) is 11.8. The first-order valence-corrected chi connectivity index (χ1v) is 12.8. The molecule has 2 heterocycles. The van der Waals surface area contributed by atoms with Gasteiger partial charge in [-0.15, -0.1) is 0 Å². The zero-order valence-electron chi connectivity index (χ0n) is 21.8. The number of benzene rings is 2. The predicted molar refractivity (Wildman–Crippen MR) is 139 cm³/mol. The Bertz CT molecular complexity index is 1350. The third-order valence-corrected chi connectivity index (χ3v) is 6.46. The van der Waals surface area contributed by atoms with Crippen LogP contribution in [0.1, 0.15) is 55.0 Å². The fourth-order valence-corrected chi connectivity index (χ4v) is 4.54. The molecule has 1 amide bonds. The van der Waals surface area contributed by atoms with Crippen LogP contribution >= 0.6 is 0 Å². The Balaban J connectivity index is 1.82. The fourth-order valence-electron chi connectivity index (χ4n) is 4.54. The SMILES string of the molecule is CCCCOc1ccc(/C([O-])=C2\C(=O)C(=O)N(Cc3ccc[nH+]c3)C2c2ccc(O)c(OCC)c2)c(C)c1. The van der Waals surface area contributed by atoms with Crippen LogP contribution in [0.2, 0.25) is 0 Å². The second-order valence-corrected chi connectivity index (χ2v) is 9.16. The maximum atomic E-state index is 13.9. The molecular formula is C30H32N2O6. The number of aryl methyl sites for hydroxylation is 1. The number of carbonyl (C=O) groups is 2. The van der Waals surface area contributed by atoms with E-state index in [1.54, 1.807) is 62.6 Å². The molecule has 1 saturated heterocycles. The summed E-state index contributed by atoms with van der Waals surface area (Å²) in [6.07, 6.45) is 5.40. The Morgan fingerprint density at radius 1 is 1.11 bits per heavy atom. The largest absolute Gasteiger partial charge is 0.872 e. The van der Waals surface area contributed by atoms with Gasteiger partial charge in [0.15, 0.2) is 23.9 Å². The standard InChI is InChI=1S/C30H32N2O6/c1-4-6-14-38-22-10-11-23(19(3)15-22)28(34)26-27(21-9-12-24(33)25(16-21)37-5-2)32(30(36)29(26)35)18-20-8-7-13-31-17-20/h7-13,15-17,27,33-34H,4-6,14,18H2,1-3H3/b28-26+. The number of pyridine rings is 1. The normalized spacial score (nSPS) is 16.6. The van der Waals surface area contributed by atoms with Crippen LogP contribution in [0.3, 0.4) is 0 Å². The number of rotatable bonds is 10. The molecule has 1 atom stereocenters. The minimum atomic E-state index is -0.956. The molecule has 0 spiro atoms. The van der Waals surface area contributed by atoms with Crippen molar-refractivity contribution in [2.75, 3.05) is 13.2 Å². The molecule has 0 radical (unpaired) electrons. The average molecular weight is 517 g/mol. The lowest BCUT2D eigenvalue weighted by atomic mass is 9.93. The van der Waals surface area contributed by atoms with Gasteiger partial charge in [0.25, 0.3) is 5.91 Å². The number of phenols is 1. The fraction of sp³-hybridized carbons (Fsp3) is 0.300. The van der Waals surface area contributed by atoms with E-state index in [1.807, 2.05) is 6.07 Å². The highest BCUT2D eigenvalue weighted by atomic mass is 16.5. The van der Waals surface area contributed by atoms with Crippen LogP contribution in [0, 0.1) is 6.92 Å². The lowest BCUT2D eigenvalue weighted by Crippen LogP contribution is -2.29. The van der Waals surface area contributed by atoms with Crippen molar-refractivity contribution in [1.82, 2.24) is 4.90 Å². The Labute approximate surface area is 222 Å². The molecular weight excluding hydrogens is 484 g/mol. The summed E-state index contributed by atoms with van der Waals surface area (Å²) in [7, 11) is 0. The number of ether oxygens (including phenoxy) is 2. The number of hydrogen-bond acceptors (Lipinski definition) is 6. The van der Waals surface area contributed by atoms with Gasteiger partial charge in [-0.2, -0.15) is 0 Å². The summed E-state index contributed by atoms with van der Waals surface area (Å²) < 4.78 is 11.3. The summed E-state index contributed by atoms with van der Waals surface area (Å²) in [4.78, 5) is 31.0. The number of H-pyrrole nitrogens is 1. The number of Topliss-reactive ketones (excluding diaryl/α,β-unsaturated/α-hetero) is 1. The van der Waals surface area contributed by atoms with Crippen LogP contribution in [0.15, 0.2) is 66.5 Å². The molecule has 2 aromatic carbocycles. The van der Waals surface area contributed by atoms with Gasteiger partial charge >= 0.3 is 0 Å². The number of aromatic nitrogens is 1. The Morgan fingerprint density at radius 3 is 2.61 bits per heavy atom. The van der Waals surface area contributed by atoms with E-state index < -0.39 is 23.5 Å². The highest BCUT2D eigenvalue weighted by Gasteiger charge is 2.44. The Hall–Kier alpha value is -4.33. The summed E-state index contributed by atoms with van der Waals surface area (Å²) >= 11 is 0. The molecule has 198 valence electrons. The van der Waals surface area contributed by atoms with Gasteiger partial charge in [-0.05, 0) is 67.3 Å². The maximum absolute atomic E-state index is 13.9. The van der Waals surface area contributed by atoms with E-state index in [2.05, 4.69) is 11.9 Å². The molecule has 3 aromatic rings. The molecule has 2 N–H and O–H groups in total.